The summed E-state index contributed by atoms with van der Waals surface area (Å²) in [5, 5.41) is 0.857. The fourth-order valence-electron chi connectivity index (χ4n) is 3.65. The molecule has 3 rings (SSSR count). The van der Waals surface area contributed by atoms with Crippen LogP contribution in [0, 0.1) is 13.8 Å². The maximum Gasteiger partial charge on any atom is 0.238 e. The molecular formula is C20H25N3OS. The number of aryl methyl sites for hydroxylation is 3. The van der Waals surface area contributed by atoms with Gasteiger partial charge >= 0.3 is 0 Å². The van der Waals surface area contributed by atoms with Crippen molar-refractivity contribution in [3.8, 4) is 0 Å². The average Bonchev–Trinajstić information content (AvgIpc) is 2.90. The van der Waals surface area contributed by atoms with Gasteiger partial charge in [0.15, 0.2) is 5.16 Å². The normalized spacial score (nSPS) is 15.8. The molecular weight excluding hydrogens is 330 g/mol. The number of imidazole rings is 1. The highest BCUT2D eigenvalue weighted by molar-refractivity contribution is 7.99. The highest BCUT2D eigenvalue weighted by Crippen LogP contribution is 2.42. The molecule has 0 fully saturated rings. The Bertz CT molecular complexity index is 864. The van der Waals surface area contributed by atoms with Gasteiger partial charge in [-0.05, 0) is 51.8 Å². The summed E-state index contributed by atoms with van der Waals surface area (Å²) in [4.78, 5) is 19.4. The number of amides is 1. The summed E-state index contributed by atoms with van der Waals surface area (Å²) in [6, 6.07) is 4.33. The van der Waals surface area contributed by atoms with Gasteiger partial charge in [-0.1, -0.05) is 29.5 Å². The van der Waals surface area contributed by atoms with Crippen LogP contribution in [0.1, 0.15) is 37.5 Å². The first kappa shape index (κ1) is 17.8. The minimum Gasteiger partial charge on any atom is -0.329 e. The Morgan fingerprint density at radius 1 is 1.24 bits per heavy atom. The average molecular weight is 356 g/mol. The Morgan fingerprint density at radius 3 is 2.60 bits per heavy atom. The summed E-state index contributed by atoms with van der Waals surface area (Å²) in [6.45, 7) is 10.5. The molecule has 0 atom stereocenters. The molecule has 1 aliphatic heterocycles. The second-order valence-electron chi connectivity index (χ2n) is 7.30. The zero-order valence-corrected chi connectivity index (χ0v) is 16.6. The summed E-state index contributed by atoms with van der Waals surface area (Å²) in [5.41, 5.74) is 5.45. The molecule has 0 unspecified atom stereocenters. The molecule has 5 heteroatoms. The number of rotatable bonds is 3. The van der Waals surface area contributed by atoms with Crippen molar-refractivity contribution in [2.24, 2.45) is 7.05 Å². The molecule has 25 heavy (non-hydrogen) atoms. The minimum atomic E-state index is -0.351. The lowest BCUT2D eigenvalue weighted by Crippen LogP contribution is -2.50. The van der Waals surface area contributed by atoms with Crippen molar-refractivity contribution in [2.45, 2.75) is 45.3 Å². The van der Waals surface area contributed by atoms with Gasteiger partial charge in [-0.2, -0.15) is 0 Å². The number of hydrogen-bond donors (Lipinski definition) is 0. The SMILES string of the molecule is CC1=CC(C)(C)N(C(=O)CSc2nccn2C)c2c(C)cc(C)cc21. The first-order chi connectivity index (χ1) is 11.7. The number of allylic oxidation sites excluding steroid dienone is 1. The van der Waals surface area contributed by atoms with E-state index >= 15 is 0 Å². The van der Waals surface area contributed by atoms with Gasteiger partial charge in [0, 0.05) is 25.0 Å². The lowest BCUT2D eigenvalue weighted by molar-refractivity contribution is -0.116. The largest absolute Gasteiger partial charge is 0.329 e. The summed E-state index contributed by atoms with van der Waals surface area (Å²) in [5.74, 6) is 0.475. The van der Waals surface area contributed by atoms with Crippen LogP contribution in [0.5, 0.6) is 0 Å². The topological polar surface area (TPSA) is 38.1 Å². The van der Waals surface area contributed by atoms with Gasteiger partial charge in [0.1, 0.15) is 0 Å². The van der Waals surface area contributed by atoms with Crippen LogP contribution in [0.4, 0.5) is 5.69 Å². The number of carbonyl (C=O) groups excluding carboxylic acids is 1. The third-order valence-electron chi connectivity index (χ3n) is 4.59. The van der Waals surface area contributed by atoms with E-state index in [1.165, 1.54) is 22.9 Å². The quantitative estimate of drug-likeness (QED) is 0.768. The predicted molar refractivity (Wildman–Crippen MR) is 105 cm³/mol. The molecule has 0 saturated heterocycles. The van der Waals surface area contributed by atoms with E-state index < -0.39 is 0 Å². The second-order valence-corrected chi connectivity index (χ2v) is 8.24. The molecule has 1 aliphatic rings. The molecule has 1 aromatic heterocycles. The molecule has 0 aliphatic carbocycles. The van der Waals surface area contributed by atoms with Crippen LogP contribution in [0.15, 0.2) is 35.8 Å². The van der Waals surface area contributed by atoms with Crippen LogP contribution in [-0.4, -0.2) is 26.8 Å². The summed E-state index contributed by atoms with van der Waals surface area (Å²) in [7, 11) is 1.94. The second kappa shape index (κ2) is 6.37. The molecule has 132 valence electrons. The van der Waals surface area contributed by atoms with E-state index in [0.717, 1.165) is 22.0 Å². The number of fused-ring (bicyclic) bond motifs is 1. The maximum absolute atomic E-state index is 13.2. The van der Waals surface area contributed by atoms with E-state index in [9.17, 15) is 4.79 Å². The van der Waals surface area contributed by atoms with Crippen LogP contribution in [-0.2, 0) is 11.8 Å². The summed E-state index contributed by atoms with van der Waals surface area (Å²) >= 11 is 1.48. The number of anilines is 1. The molecule has 4 nitrogen and oxygen atoms in total. The van der Waals surface area contributed by atoms with Gasteiger partial charge in [-0.25, -0.2) is 4.98 Å². The molecule has 2 aromatic rings. The zero-order valence-electron chi connectivity index (χ0n) is 15.8. The fraction of sp³-hybridized carbons (Fsp3) is 0.400. The van der Waals surface area contributed by atoms with Gasteiger partial charge in [0.05, 0.1) is 17.0 Å². The van der Waals surface area contributed by atoms with Crippen LogP contribution >= 0.6 is 11.8 Å². The first-order valence-corrected chi connectivity index (χ1v) is 9.43. The third kappa shape index (κ3) is 3.25. The molecule has 0 N–H and O–H groups in total. The Kier molecular flexibility index (Phi) is 4.54. The van der Waals surface area contributed by atoms with Crippen LogP contribution in [0.2, 0.25) is 0 Å². The summed E-state index contributed by atoms with van der Waals surface area (Å²) in [6.07, 6.45) is 5.84. The van der Waals surface area contributed by atoms with Crippen LogP contribution in [0.25, 0.3) is 5.57 Å². The van der Waals surface area contributed by atoms with Crippen molar-refractivity contribution in [1.29, 1.82) is 0 Å². The molecule has 0 saturated carbocycles. The Balaban J connectivity index is 1.97. The van der Waals surface area contributed by atoms with Crippen molar-refractivity contribution in [2.75, 3.05) is 10.7 Å². The Hall–Kier alpha value is -2.01. The van der Waals surface area contributed by atoms with Crippen molar-refractivity contribution in [3.05, 3.63) is 47.3 Å². The van der Waals surface area contributed by atoms with E-state index in [1.54, 1.807) is 6.20 Å². The lowest BCUT2D eigenvalue weighted by Gasteiger charge is -2.42. The van der Waals surface area contributed by atoms with Crippen molar-refractivity contribution >= 4 is 28.9 Å². The van der Waals surface area contributed by atoms with Crippen LogP contribution in [0.3, 0.4) is 0 Å². The lowest BCUT2D eigenvalue weighted by atomic mass is 9.86. The molecule has 0 bridgehead atoms. The van der Waals surface area contributed by atoms with Crippen LogP contribution < -0.4 is 4.90 Å². The van der Waals surface area contributed by atoms with E-state index in [-0.39, 0.29) is 11.4 Å². The Morgan fingerprint density at radius 2 is 1.96 bits per heavy atom. The van der Waals surface area contributed by atoms with Crippen molar-refractivity contribution < 1.29 is 4.79 Å². The van der Waals surface area contributed by atoms with E-state index in [1.807, 2.05) is 22.7 Å². The van der Waals surface area contributed by atoms with Crippen molar-refractivity contribution in [1.82, 2.24) is 9.55 Å². The molecule has 0 radical (unpaired) electrons. The standard InChI is InChI=1S/C20H25N3OS/c1-13-9-14(2)18-16(10-13)15(3)11-20(4,5)23(18)17(24)12-25-19-21-7-8-22(19)6/h7-11H,12H2,1-6H3. The van der Waals surface area contributed by atoms with Gasteiger partial charge in [0.2, 0.25) is 5.91 Å². The maximum atomic E-state index is 13.2. The first-order valence-electron chi connectivity index (χ1n) is 8.45. The van der Waals surface area contributed by atoms with Crippen molar-refractivity contribution in [3.63, 3.8) is 0 Å². The predicted octanol–water partition coefficient (Wildman–Crippen LogP) is 4.36. The molecule has 0 spiro atoms. The number of nitrogens with zero attached hydrogens (tertiary/aromatic N) is 3. The van der Waals surface area contributed by atoms with E-state index in [4.69, 9.17) is 0 Å². The van der Waals surface area contributed by atoms with E-state index in [2.05, 4.69) is 57.8 Å². The number of carbonyl (C=O) groups is 1. The fourth-order valence-corrected chi connectivity index (χ4v) is 4.43. The number of thioether (sulfide) groups is 1. The number of benzene rings is 1. The highest BCUT2D eigenvalue weighted by atomic mass is 32.2. The monoisotopic (exact) mass is 355 g/mol. The minimum absolute atomic E-state index is 0.106. The zero-order chi connectivity index (χ0) is 18.4. The van der Waals surface area contributed by atoms with Gasteiger partial charge in [0.25, 0.3) is 0 Å². The Labute approximate surface area is 153 Å². The number of aromatic nitrogens is 2. The molecule has 1 amide bonds. The van der Waals surface area contributed by atoms with Gasteiger partial charge in [-0.15, -0.1) is 0 Å². The van der Waals surface area contributed by atoms with Gasteiger partial charge < -0.3 is 9.47 Å². The number of hydrogen-bond acceptors (Lipinski definition) is 3. The van der Waals surface area contributed by atoms with Gasteiger partial charge in [-0.3, -0.25) is 4.79 Å². The summed E-state index contributed by atoms with van der Waals surface area (Å²) < 4.78 is 1.94. The third-order valence-corrected chi connectivity index (χ3v) is 5.63. The smallest absolute Gasteiger partial charge is 0.238 e. The van der Waals surface area contributed by atoms with E-state index in [0.29, 0.717) is 5.75 Å². The molecule has 2 heterocycles. The highest BCUT2D eigenvalue weighted by Gasteiger charge is 2.36. The molecule has 1 aromatic carbocycles.